The Morgan fingerprint density at radius 1 is 0.867 bits per heavy atom. The zero-order valence-electron chi connectivity index (χ0n) is 16.2. The Hall–Kier alpha value is -3.08. The monoisotopic (exact) mass is 436 g/mol. The van der Waals surface area contributed by atoms with E-state index in [1.54, 1.807) is 12.1 Å². The van der Waals surface area contributed by atoms with E-state index in [0.717, 1.165) is 22.4 Å². The summed E-state index contributed by atoms with van der Waals surface area (Å²) in [5, 5.41) is 1.26. The minimum atomic E-state index is -0.499. The van der Waals surface area contributed by atoms with Gasteiger partial charge in [-0.1, -0.05) is 77.8 Å². The van der Waals surface area contributed by atoms with Crippen LogP contribution in [0.25, 0.3) is 22.5 Å². The van der Waals surface area contributed by atoms with Gasteiger partial charge in [0.15, 0.2) is 0 Å². The molecule has 0 N–H and O–H groups in total. The Bertz CT molecular complexity index is 1170. The number of imidazole rings is 1. The van der Waals surface area contributed by atoms with Crippen molar-refractivity contribution in [2.45, 2.75) is 6.54 Å². The highest BCUT2D eigenvalue weighted by Crippen LogP contribution is 2.35. The highest BCUT2D eigenvalue weighted by atomic mass is 35.5. The molecule has 0 amide bonds. The van der Waals surface area contributed by atoms with Crippen LogP contribution in [-0.4, -0.2) is 22.6 Å². The van der Waals surface area contributed by atoms with E-state index in [1.165, 1.54) is 7.11 Å². The van der Waals surface area contributed by atoms with E-state index in [-0.39, 0.29) is 5.82 Å². The van der Waals surface area contributed by atoms with Crippen LogP contribution in [0.15, 0.2) is 78.9 Å². The standard InChI is InChI=1S/C24H18Cl2N2O2/c1-30-24(29)23-27-21(17-7-11-19(25)12-8-17)22(18-9-13-20(26)14-10-18)28(23)15-16-5-3-2-4-6-16/h2-14H,15H2,1H3. The maximum absolute atomic E-state index is 12.6. The van der Waals surface area contributed by atoms with Crippen LogP contribution >= 0.6 is 23.2 Å². The SMILES string of the molecule is COC(=O)c1nc(-c2ccc(Cl)cc2)c(-c2ccc(Cl)cc2)n1Cc1ccccc1. The van der Waals surface area contributed by atoms with Crippen LogP contribution in [-0.2, 0) is 11.3 Å². The summed E-state index contributed by atoms with van der Waals surface area (Å²) < 4.78 is 6.91. The molecule has 0 saturated carbocycles. The van der Waals surface area contributed by atoms with Crippen LogP contribution in [0.1, 0.15) is 16.2 Å². The van der Waals surface area contributed by atoms with Gasteiger partial charge in [-0.05, 0) is 29.8 Å². The fraction of sp³-hybridized carbons (Fsp3) is 0.0833. The molecule has 6 heteroatoms. The predicted octanol–water partition coefficient (Wildman–Crippen LogP) is 6.36. The first-order valence-corrected chi connectivity index (χ1v) is 10.1. The zero-order chi connectivity index (χ0) is 21.1. The number of hydrogen-bond acceptors (Lipinski definition) is 3. The molecule has 0 aliphatic rings. The fourth-order valence-electron chi connectivity index (χ4n) is 3.33. The molecule has 1 heterocycles. The lowest BCUT2D eigenvalue weighted by molar-refractivity contribution is 0.0582. The lowest BCUT2D eigenvalue weighted by atomic mass is 10.0. The second kappa shape index (κ2) is 8.74. The smallest absolute Gasteiger partial charge is 0.374 e. The molecular weight excluding hydrogens is 419 g/mol. The maximum atomic E-state index is 12.6. The third kappa shape index (κ3) is 4.11. The van der Waals surface area contributed by atoms with Crippen molar-refractivity contribution in [3.63, 3.8) is 0 Å². The Morgan fingerprint density at radius 3 is 2.00 bits per heavy atom. The summed E-state index contributed by atoms with van der Waals surface area (Å²) in [6, 6.07) is 24.8. The van der Waals surface area contributed by atoms with Crippen LogP contribution in [0.3, 0.4) is 0 Å². The van der Waals surface area contributed by atoms with Gasteiger partial charge in [-0.2, -0.15) is 0 Å². The van der Waals surface area contributed by atoms with Gasteiger partial charge in [0.05, 0.1) is 18.5 Å². The van der Waals surface area contributed by atoms with Crippen molar-refractivity contribution in [3.8, 4) is 22.5 Å². The van der Waals surface area contributed by atoms with Gasteiger partial charge in [-0.15, -0.1) is 0 Å². The molecule has 0 atom stereocenters. The van der Waals surface area contributed by atoms with E-state index < -0.39 is 5.97 Å². The molecule has 3 aromatic carbocycles. The van der Waals surface area contributed by atoms with Crippen molar-refractivity contribution in [1.29, 1.82) is 0 Å². The van der Waals surface area contributed by atoms with E-state index in [9.17, 15) is 4.79 Å². The summed E-state index contributed by atoms with van der Waals surface area (Å²) in [5.41, 5.74) is 4.26. The number of esters is 1. The van der Waals surface area contributed by atoms with Gasteiger partial charge >= 0.3 is 5.97 Å². The largest absolute Gasteiger partial charge is 0.463 e. The van der Waals surface area contributed by atoms with Gasteiger partial charge in [0.2, 0.25) is 5.82 Å². The molecule has 0 saturated heterocycles. The van der Waals surface area contributed by atoms with E-state index in [1.807, 2.05) is 71.3 Å². The highest BCUT2D eigenvalue weighted by Gasteiger charge is 2.25. The van der Waals surface area contributed by atoms with Crippen molar-refractivity contribution in [2.75, 3.05) is 7.11 Å². The molecule has 0 fully saturated rings. The molecule has 4 rings (SSSR count). The zero-order valence-corrected chi connectivity index (χ0v) is 17.7. The average molecular weight is 437 g/mol. The summed E-state index contributed by atoms with van der Waals surface area (Å²) in [5.74, 6) is -0.266. The molecule has 0 aliphatic heterocycles. The minimum absolute atomic E-state index is 0.233. The topological polar surface area (TPSA) is 44.1 Å². The minimum Gasteiger partial charge on any atom is -0.463 e. The maximum Gasteiger partial charge on any atom is 0.374 e. The van der Waals surface area contributed by atoms with Gasteiger partial charge in [0, 0.05) is 27.7 Å². The van der Waals surface area contributed by atoms with Crippen LogP contribution in [0.2, 0.25) is 10.0 Å². The van der Waals surface area contributed by atoms with Crippen molar-refractivity contribution in [2.24, 2.45) is 0 Å². The number of nitrogens with zero attached hydrogens (tertiary/aromatic N) is 2. The van der Waals surface area contributed by atoms with Crippen LogP contribution in [0.5, 0.6) is 0 Å². The molecule has 0 bridgehead atoms. The fourth-order valence-corrected chi connectivity index (χ4v) is 3.58. The number of benzene rings is 3. The molecule has 150 valence electrons. The number of hydrogen-bond donors (Lipinski definition) is 0. The van der Waals surface area contributed by atoms with Crippen molar-refractivity contribution >= 4 is 29.2 Å². The van der Waals surface area contributed by atoms with E-state index in [2.05, 4.69) is 4.98 Å². The first-order valence-electron chi connectivity index (χ1n) is 9.31. The second-order valence-electron chi connectivity index (χ2n) is 6.71. The number of carbonyl (C=O) groups excluding carboxylic acids is 1. The van der Waals surface area contributed by atoms with E-state index in [0.29, 0.717) is 22.3 Å². The van der Waals surface area contributed by atoms with Gasteiger partial charge in [-0.3, -0.25) is 0 Å². The summed E-state index contributed by atoms with van der Waals surface area (Å²) in [4.78, 5) is 17.3. The number of ether oxygens (including phenoxy) is 1. The van der Waals surface area contributed by atoms with E-state index in [4.69, 9.17) is 27.9 Å². The molecule has 4 nitrogen and oxygen atoms in total. The summed E-state index contributed by atoms with van der Waals surface area (Å²) in [6.45, 7) is 0.462. The lowest BCUT2D eigenvalue weighted by Gasteiger charge is -2.13. The van der Waals surface area contributed by atoms with Crippen molar-refractivity contribution in [1.82, 2.24) is 9.55 Å². The first kappa shape index (κ1) is 20.2. The Balaban J connectivity index is 1.98. The van der Waals surface area contributed by atoms with E-state index >= 15 is 0 Å². The third-order valence-corrected chi connectivity index (χ3v) is 5.26. The van der Waals surface area contributed by atoms with Crippen LogP contribution < -0.4 is 0 Å². The quantitative estimate of drug-likeness (QED) is 0.342. The molecule has 0 spiro atoms. The Labute approximate surface area is 184 Å². The van der Waals surface area contributed by atoms with Crippen LogP contribution in [0.4, 0.5) is 0 Å². The van der Waals surface area contributed by atoms with Gasteiger partial charge in [0.25, 0.3) is 0 Å². The lowest BCUT2D eigenvalue weighted by Crippen LogP contribution is -2.13. The van der Waals surface area contributed by atoms with Gasteiger partial charge < -0.3 is 9.30 Å². The summed E-state index contributed by atoms with van der Waals surface area (Å²) >= 11 is 12.2. The molecular formula is C24H18Cl2N2O2. The second-order valence-corrected chi connectivity index (χ2v) is 7.58. The Kier molecular flexibility index (Phi) is 5.88. The van der Waals surface area contributed by atoms with Crippen LogP contribution in [0, 0.1) is 0 Å². The molecule has 0 unspecified atom stereocenters. The summed E-state index contributed by atoms with van der Waals surface area (Å²) in [7, 11) is 1.35. The normalized spacial score (nSPS) is 10.8. The number of carbonyl (C=O) groups is 1. The molecule has 4 aromatic rings. The van der Waals surface area contributed by atoms with Gasteiger partial charge in [0.1, 0.15) is 0 Å². The number of halogens is 2. The number of aromatic nitrogens is 2. The molecule has 1 aromatic heterocycles. The van der Waals surface area contributed by atoms with Crippen molar-refractivity contribution < 1.29 is 9.53 Å². The summed E-state index contributed by atoms with van der Waals surface area (Å²) in [6.07, 6.45) is 0. The van der Waals surface area contributed by atoms with Gasteiger partial charge in [-0.25, -0.2) is 9.78 Å². The molecule has 0 radical (unpaired) electrons. The molecule has 0 aliphatic carbocycles. The molecule has 30 heavy (non-hydrogen) atoms. The average Bonchev–Trinajstić information content (AvgIpc) is 3.14. The number of rotatable bonds is 5. The third-order valence-electron chi connectivity index (χ3n) is 4.75. The number of methoxy groups -OCH3 is 1. The predicted molar refractivity (Wildman–Crippen MR) is 120 cm³/mol. The van der Waals surface area contributed by atoms with Crippen molar-refractivity contribution in [3.05, 3.63) is 100 Å². The Morgan fingerprint density at radius 2 is 1.43 bits per heavy atom. The highest BCUT2D eigenvalue weighted by molar-refractivity contribution is 6.31. The first-order chi connectivity index (χ1) is 14.6.